The summed E-state index contributed by atoms with van der Waals surface area (Å²) >= 11 is 3.35. The van der Waals surface area contributed by atoms with Crippen molar-refractivity contribution in [2.24, 2.45) is 0 Å². The third-order valence-corrected chi connectivity index (χ3v) is 4.93. The maximum absolute atomic E-state index is 8.83. The van der Waals surface area contributed by atoms with Crippen LogP contribution in [0, 0.1) is 36.5 Å². The molecule has 0 aliphatic rings. The van der Waals surface area contributed by atoms with E-state index < -0.39 is 0 Å². The van der Waals surface area contributed by atoms with E-state index in [4.69, 9.17) is 15.3 Å². The number of ether oxygens (including phenoxy) is 1. The lowest BCUT2D eigenvalue weighted by Crippen LogP contribution is -1.86. The molecule has 3 rings (SSSR count). The summed E-state index contributed by atoms with van der Waals surface area (Å²) in [7, 11) is 1.65. The van der Waals surface area contributed by atoms with Gasteiger partial charge >= 0.3 is 0 Å². The van der Waals surface area contributed by atoms with Crippen LogP contribution in [0.15, 0.2) is 65.1 Å². The maximum atomic E-state index is 8.83. The van der Waals surface area contributed by atoms with Crippen LogP contribution in [0.3, 0.4) is 0 Å². The Balaban J connectivity index is 0.000000223. The fraction of sp³-hybridized carbons (Fsp3) is 0.130. The van der Waals surface area contributed by atoms with Crippen molar-refractivity contribution < 1.29 is 4.74 Å². The Morgan fingerprint density at radius 1 is 0.778 bits per heavy atom. The number of rotatable bonds is 2. The number of aryl methyl sites for hydroxylation is 2. The van der Waals surface area contributed by atoms with Crippen LogP contribution >= 0.6 is 15.9 Å². The van der Waals surface area contributed by atoms with Crippen LogP contribution in [0.1, 0.15) is 22.3 Å². The minimum absolute atomic E-state index is 0.694. The van der Waals surface area contributed by atoms with Crippen molar-refractivity contribution in [3.63, 3.8) is 0 Å². The highest BCUT2D eigenvalue weighted by molar-refractivity contribution is 9.10. The molecule has 3 aromatic carbocycles. The molecule has 27 heavy (non-hydrogen) atoms. The Bertz CT molecular complexity index is 1010. The van der Waals surface area contributed by atoms with Crippen molar-refractivity contribution in [1.29, 1.82) is 10.5 Å². The van der Waals surface area contributed by atoms with Crippen molar-refractivity contribution in [2.75, 3.05) is 7.11 Å². The zero-order valence-corrected chi connectivity index (χ0v) is 17.0. The number of halogens is 1. The summed E-state index contributed by atoms with van der Waals surface area (Å²) in [6, 6.07) is 23.4. The van der Waals surface area contributed by atoms with Crippen LogP contribution in [0.25, 0.3) is 11.1 Å². The molecule has 0 unspecified atom stereocenters. The molecule has 0 heterocycles. The average Bonchev–Trinajstić information content (AvgIpc) is 2.70. The van der Waals surface area contributed by atoms with Crippen LogP contribution in [0.4, 0.5) is 0 Å². The quantitative estimate of drug-likeness (QED) is 0.499. The van der Waals surface area contributed by atoms with Gasteiger partial charge in [-0.1, -0.05) is 34.1 Å². The molecule has 3 nitrogen and oxygen atoms in total. The van der Waals surface area contributed by atoms with Crippen LogP contribution in [-0.2, 0) is 0 Å². The summed E-state index contributed by atoms with van der Waals surface area (Å²) in [6.45, 7) is 3.98. The molecule has 0 amide bonds. The maximum Gasteiger partial charge on any atom is 0.118 e. The summed E-state index contributed by atoms with van der Waals surface area (Å²) in [6.07, 6.45) is 0. The summed E-state index contributed by atoms with van der Waals surface area (Å²) in [5.41, 5.74) is 5.88. The fourth-order valence-electron chi connectivity index (χ4n) is 2.54. The molecule has 134 valence electrons. The Hall–Kier alpha value is -3.08. The molecule has 0 bridgehead atoms. The normalized spacial score (nSPS) is 9.41. The van der Waals surface area contributed by atoms with E-state index in [0.717, 1.165) is 32.5 Å². The lowest BCUT2D eigenvalue weighted by Gasteiger charge is -2.07. The second-order valence-corrected chi connectivity index (χ2v) is 6.80. The first-order chi connectivity index (χ1) is 13.0. The molecular weight excluding hydrogens is 400 g/mol. The van der Waals surface area contributed by atoms with Gasteiger partial charge in [0, 0.05) is 4.47 Å². The lowest BCUT2D eigenvalue weighted by atomic mass is 9.99. The first kappa shape index (κ1) is 20.2. The van der Waals surface area contributed by atoms with E-state index in [1.165, 1.54) is 0 Å². The van der Waals surface area contributed by atoms with E-state index in [1.807, 2.05) is 68.4 Å². The van der Waals surface area contributed by atoms with Crippen LogP contribution in [0.2, 0.25) is 0 Å². The molecule has 0 aliphatic carbocycles. The van der Waals surface area contributed by atoms with Gasteiger partial charge < -0.3 is 4.74 Å². The van der Waals surface area contributed by atoms with Crippen molar-refractivity contribution in [3.05, 3.63) is 87.4 Å². The van der Waals surface area contributed by atoms with Gasteiger partial charge in [0.05, 0.1) is 30.4 Å². The van der Waals surface area contributed by atoms with E-state index in [-0.39, 0.29) is 0 Å². The smallest absolute Gasteiger partial charge is 0.118 e. The van der Waals surface area contributed by atoms with E-state index in [2.05, 4.69) is 28.1 Å². The van der Waals surface area contributed by atoms with E-state index in [9.17, 15) is 0 Å². The average molecular weight is 419 g/mol. The SMILES string of the molecule is COc1ccc(-c2ccc(C#N)cc2C)cc1.Cc1cc(C#N)ccc1Br. The van der Waals surface area contributed by atoms with Gasteiger partial charge in [-0.15, -0.1) is 0 Å². The second-order valence-electron chi connectivity index (χ2n) is 5.95. The Morgan fingerprint density at radius 3 is 1.81 bits per heavy atom. The highest BCUT2D eigenvalue weighted by Gasteiger charge is 2.03. The summed E-state index contributed by atoms with van der Waals surface area (Å²) < 4.78 is 6.18. The second kappa shape index (κ2) is 9.57. The van der Waals surface area contributed by atoms with Crippen molar-refractivity contribution in [2.45, 2.75) is 13.8 Å². The Labute approximate surface area is 168 Å². The molecule has 0 saturated heterocycles. The van der Waals surface area contributed by atoms with Crippen LogP contribution < -0.4 is 4.74 Å². The van der Waals surface area contributed by atoms with Gasteiger partial charge in [0.2, 0.25) is 0 Å². The third-order valence-electron chi connectivity index (χ3n) is 4.04. The molecule has 4 heteroatoms. The number of nitrogens with zero attached hydrogens (tertiary/aromatic N) is 2. The molecule has 0 aromatic heterocycles. The molecule has 0 radical (unpaired) electrons. The lowest BCUT2D eigenvalue weighted by molar-refractivity contribution is 0.415. The highest BCUT2D eigenvalue weighted by Crippen LogP contribution is 2.26. The standard InChI is InChI=1S/C15H13NO.C8H6BrN/c1-11-9-12(10-16)3-8-15(11)13-4-6-14(17-2)7-5-13;1-6-4-7(5-10)2-3-8(6)9/h3-9H,1-2H3;2-4H,1H3. The first-order valence-electron chi connectivity index (χ1n) is 8.30. The van der Waals surface area contributed by atoms with E-state index in [1.54, 1.807) is 13.2 Å². The van der Waals surface area contributed by atoms with Crippen molar-refractivity contribution in [1.82, 2.24) is 0 Å². The molecule has 3 aromatic rings. The molecule has 0 aliphatic heterocycles. The number of hydrogen-bond acceptors (Lipinski definition) is 3. The first-order valence-corrected chi connectivity index (χ1v) is 9.09. The minimum Gasteiger partial charge on any atom is -0.497 e. The van der Waals surface area contributed by atoms with Gasteiger partial charge in [-0.25, -0.2) is 0 Å². The van der Waals surface area contributed by atoms with E-state index in [0.29, 0.717) is 11.1 Å². The van der Waals surface area contributed by atoms with Crippen molar-refractivity contribution >= 4 is 15.9 Å². The number of nitriles is 2. The summed E-state index contributed by atoms with van der Waals surface area (Å²) in [4.78, 5) is 0. The Morgan fingerprint density at radius 2 is 1.33 bits per heavy atom. The fourth-order valence-corrected chi connectivity index (χ4v) is 2.79. The molecule has 0 fully saturated rings. The summed E-state index contributed by atoms with van der Waals surface area (Å²) in [5, 5.41) is 17.3. The van der Waals surface area contributed by atoms with Crippen LogP contribution in [0.5, 0.6) is 5.75 Å². The zero-order chi connectivity index (χ0) is 19.8. The predicted octanol–water partition coefficient (Wildman–Crippen LogP) is 6.17. The molecule has 0 atom stereocenters. The minimum atomic E-state index is 0.694. The zero-order valence-electron chi connectivity index (χ0n) is 15.5. The monoisotopic (exact) mass is 418 g/mol. The van der Waals surface area contributed by atoms with Gasteiger partial charge in [0.25, 0.3) is 0 Å². The van der Waals surface area contributed by atoms with Gasteiger partial charge in [-0.3, -0.25) is 0 Å². The number of methoxy groups -OCH3 is 1. The molecule has 0 N–H and O–H groups in total. The molecular formula is C23H19BrN2O. The van der Waals surface area contributed by atoms with Crippen LogP contribution in [-0.4, -0.2) is 7.11 Å². The van der Waals surface area contributed by atoms with Gasteiger partial charge in [-0.2, -0.15) is 10.5 Å². The Kier molecular flexibility index (Phi) is 7.17. The van der Waals surface area contributed by atoms with Gasteiger partial charge in [0.1, 0.15) is 5.75 Å². The largest absolute Gasteiger partial charge is 0.497 e. The topological polar surface area (TPSA) is 56.8 Å². The van der Waals surface area contributed by atoms with Crippen molar-refractivity contribution in [3.8, 4) is 29.0 Å². The predicted molar refractivity (Wildman–Crippen MR) is 111 cm³/mol. The number of benzene rings is 3. The van der Waals surface area contributed by atoms with Gasteiger partial charge in [-0.05, 0) is 78.6 Å². The van der Waals surface area contributed by atoms with Gasteiger partial charge in [0.15, 0.2) is 0 Å². The highest BCUT2D eigenvalue weighted by atomic mass is 79.9. The molecule has 0 spiro atoms. The third kappa shape index (κ3) is 5.45. The molecule has 0 saturated carbocycles. The summed E-state index contributed by atoms with van der Waals surface area (Å²) in [5.74, 6) is 0.847. The van der Waals surface area contributed by atoms with E-state index >= 15 is 0 Å². The number of hydrogen-bond donors (Lipinski definition) is 0.